The van der Waals surface area contributed by atoms with Crippen LogP contribution in [-0.4, -0.2) is 5.78 Å². The van der Waals surface area contributed by atoms with Gasteiger partial charge >= 0.3 is 0 Å². The summed E-state index contributed by atoms with van der Waals surface area (Å²) in [5.41, 5.74) is 2.41. The van der Waals surface area contributed by atoms with Gasteiger partial charge in [0, 0.05) is 0 Å². The zero-order chi connectivity index (χ0) is 13.5. The smallest absolute Gasteiger partial charge is 0.170 e. The third kappa shape index (κ3) is 1.63. The lowest BCUT2D eigenvalue weighted by Gasteiger charge is -2.25. The summed E-state index contributed by atoms with van der Waals surface area (Å²) < 4.78 is 11.4. The standard InChI is InChI=1S/C17H12O3/c18-14-10-16(11-4-2-1-3-5-11)20-17-12(14)6-7-15-13(17)8-9-19-15/h1-9,16H,10H2. The fourth-order valence-corrected chi connectivity index (χ4v) is 2.68. The number of ketones is 1. The molecular formula is C17H12O3. The predicted octanol–water partition coefficient (Wildman–Crippen LogP) is 4.14. The van der Waals surface area contributed by atoms with Gasteiger partial charge < -0.3 is 9.15 Å². The maximum atomic E-state index is 12.3. The molecule has 98 valence electrons. The number of ether oxygens (including phenoxy) is 1. The highest BCUT2D eigenvalue weighted by Gasteiger charge is 2.29. The van der Waals surface area contributed by atoms with Crippen LogP contribution in [0, 0.1) is 0 Å². The van der Waals surface area contributed by atoms with E-state index >= 15 is 0 Å². The quantitative estimate of drug-likeness (QED) is 0.663. The Kier molecular flexibility index (Phi) is 2.39. The number of rotatable bonds is 1. The molecule has 20 heavy (non-hydrogen) atoms. The van der Waals surface area contributed by atoms with Crippen molar-refractivity contribution in [3.63, 3.8) is 0 Å². The average Bonchev–Trinajstić information content (AvgIpc) is 2.97. The summed E-state index contributed by atoms with van der Waals surface area (Å²) in [6.45, 7) is 0. The van der Waals surface area contributed by atoms with Gasteiger partial charge in [-0.25, -0.2) is 0 Å². The van der Waals surface area contributed by atoms with Gasteiger partial charge in [-0.15, -0.1) is 0 Å². The van der Waals surface area contributed by atoms with E-state index in [2.05, 4.69) is 0 Å². The van der Waals surface area contributed by atoms with Crippen LogP contribution in [0.4, 0.5) is 0 Å². The minimum atomic E-state index is -0.225. The molecule has 1 unspecified atom stereocenters. The molecule has 0 bridgehead atoms. The molecule has 0 amide bonds. The van der Waals surface area contributed by atoms with Crippen LogP contribution in [0.1, 0.15) is 28.4 Å². The minimum absolute atomic E-state index is 0.114. The lowest BCUT2D eigenvalue weighted by atomic mass is 9.95. The fraction of sp³-hybridized carbons (Fsp3) is 0.118. The molecule has 3 aromatic rings. The Balaban J connectivity index is 1.85. The molecule has 0 saturated heterocycles. The first-order chi connectivity index (χ1) is 9.83. The largest absolute Gasteiger partial charge is 0.484 e. The van der Waals surface area contributed by atoms with Gasteiger partial charge in [-0.05, 0) is 23.8 Å². The molecule has 0 saturated carbocycles. The fourth-order valence-electron chi connectivity index (χ4n) is 2.68. The molecule has 0 aliphatic carbocycles. The number of fused-ring (bicyclic) bond motifs is 3. The number of hydrogen-bond acceptors (Lipinski definition) is 3. The van der Waals surface area contributed by atoms with Crippen LogP contribution in [0.25, 0.3) is 11.0 Å². The second kappa shape index (κ2) is 4.23. The maximum Gasteiger partial charge on any atom is 0.170 e. The molecule has 3 heteroatoms. The van der Waals surface area contributed by atoms with Gasteiger partial charge in [0.2, 0.25) is 0 Å². The monoisotopic (exact) mass is 264 g/mol. The van der Waals surface area contributed by atoms with Crippen molar-refractivity contribution < 1.29 is 13.9 Å². The zero-order valence-electron chi connectivity index (χ0n) is 10.7. The van der Waals surface area contributed by atoms with Crippen LogP contribution in [-0.2, 0) is 0 Å². The molecule has 3 nitrogen and oxygen atoms in total. The second-order valence-electron chi connectivity index (χ2n) is 4.92. The number of furan rings is 1. The molecule has 4 rings (SSSR count). The second-order valence-corrected chi connectivity index (χ2v) is 4.92. The van der Waals surface area contributed by atoms with Gasteiger partial charge in [-0.1, -0.05) is 30.3 Å². The van der Waals surface area contributed by atoms with Crippen molar-refractivity contribution in [1.29, 1.82) is 0 Å². The van der Waals surface area contributed by atoms with E-state index in [0.29, 0.717) is 17.7 Å². The maximum absolute atomic E-state index is 12.3. The van der Waals surface area contributed by atoms with E-state index < -0.39 is 0 Å². The molecule has 1 atom stereocenters. The summed E-state index contributed by atoms with van der Waals surface area (Å²) in [5.74, 6) is 0.754. The first-order valence-electron chi connectivity index (χ1n) is 6.58. The molecule has 2 heterocycles. The Bertz CT molecular complexity index is 786. The molecule has 1 aliphatic rings. The van der Waals surface area contributed by atoms with Gasteiger partial charge in [0.15, 0.2) is 5.78 Å². The van der Waals surface area contributed by atoms with E-state index in [4.69, 9.17) is 9.15 Å². The van der Waals surface area contributed by atoms with E-state index in [9.17, 15) is 4.79 Å². The molecule has 0 spiro atoms. The molecule has 0 radical (unpaired) electrons. The van der Waals surface area contributed by atoms with Crippen molar-refractivity contribution in [3.05, 3.63) is 65.9 Å². The highest BCUT2D eigenvalue weighted by atomic mass is 16.5. The molecular weight excluding hydrogens is 252 g/mol. The molecule has 0 fully saturated rings. The summed E-state index contributed by atoms with van der Waals surface area (Å²) in [7, 11) is 0. The van der Waals surface area contributed by atoms with E-state index in [1.807, 2.05) is 42.5 Å². The summed E-state index contributed by atoms with van der Waals surface area (Å²) in [5, 5.41) is 0.858. The van der Waals surface area contributed by atoms with Gasteiger partial charge in [-0.3, -0.25) is 4.79 Å². The van der Waals surface area contributed by atoms with Crippen molar-refractivity contribution >= 4 is 16.8 Å². The number of carbonyl (C=O) groups excluding carboxylic acids is 1. The normalized spacial score (nSPS) is 17.8. The molecule has 1 aliphatic heterocycles. The van der Waals surface area contributed by atoms with Gasteiger partial charge in [0.1, 0.15) is 17.4 Å². The van der Waals surface area contributed by atoms with E-state index in [1.165, 1.54) is 0 Å². The zero-order valence-corrected chi connectivity index (χ0v) is 10.7. The van der Waals surface area contributed by atoms with Crippen LogP contribution in [0.5, 0.6) is 5.75 Å². The van der Waals surface area contributed by atoms with Crippen LogP contribution in [0.15, 0.2) is 59.2 Å². The Morgan fingerprint density at radius 1 is 1.00 bits per heavy atom. The SMILES string of the molecule is O=C1CC(c2ccccc2)Oc2c1ccc1occc21. The number of benzene rings is 2. The molecule has 2 aromatic carbocycles. The lowest BCUT2D eigenvalue weighted by Crippen LogP contribution is -2.20. The highest BCUT2D eigenvalue weighted by Crippen LogP contribution is 2.40. The minimum Gasteiger partial charge on any atom is -0.484 e. The van der Waals surface area contributed by atoms with E-state index in [-0.39, 0.29) is 11.9 Å². The van der Waals surface area contributed by atoms with Gasteiger partial charge in [0.05, 0.1) is 23.6 Å². The van der Waals surface area contributed by atoms with E-state index in [1.54, 1.807) is 12.3 Å². The average molecular weight is 264 g/mol. The van der Waals surface area contributed by atoms with Crippen molar-refractivity contribution in [2.24, 2.45) is 0 Å². The third-order valence-corrected chi connectivity index (χ3v) is 3.69. The third-order valence-electron chi connectivity index (χ3n) is 3.69. The highest BCUT2D eigenvalue weighted by molar-refractivity contribution is 6.05. The molecule has 0 N–H and O–H groups in total. The van der Waals surface area contributed by atoms with Crippen molar-refractivity contribution in [2.45, 2.75) is 12.5 Å². The first-order valence-corrected chi connectivity index (χ1v) is 6.58. The van der Waals surface area contributed by atoms with E-state index in [0.717, 1.165) is 16.5 Å². The topological polar surface area (TPSA) is 39.4 Å². The summed E-state index contributed by atoms with van der Waals surface area (Å²) in [6.07, 6.45) is 1.77. The van der Waals surface area contributed by atoms with Crippen LogP contribution >= 0.6 is 0 Å². The number of hydrogen-bond donors (Lipinski definition) is 0. The number of carbonyl (C=O) groups is 1. The van der Waals surface area contributed by atoms with Crippen molar-refractivity contribution in [1.82, 2.24) is 0 Å². The summed E-state index contributed by atoms with van der Waals surface area (Å²) in [6, 6.07) is 15.3. The van der Waals surface area contributed by atoms with Crippen LogP contribution in [0.3, 0.4) is 0 Å². The Labute approximate surface area is 115 Å². The summed E-state index contributed by atoms with van der Waals surface area (Å²) >= 11 is 0. The predicted molar refractivity (Wildman–Crippen MR) is 75.0 cm³/mol. The molecule has 1 aromatic heterocycles. The number of Topliss-reactive ketones (excluding diaryl/α,β-unsaturated/α-hetero) is 1. The van der Waals surface area contributed by atoms with Crippen molar-refractivity contribution in [2.75, 3.05) is 0 Å². The van der Waals surface area contributed by atoms with Crippen LogP contribution in [0.2, 0.25) is 0 Å². The summed E-state index contributed by atoms with van der Waals surface area (Å²) in [4.78, 5) is 12.3. The first kappa shape index (κ1) is 11.3. The Morgan fingerprint density at radius 2 is 1.85 bits per heavy atom. The van der Waals surface area contributed by atoms with Gasteiger partial charge in [0.25, 0.3) is 0 Å². The van der Waals surface area contributed by atoms with Crippen molar-refractivity contribution in [3.8, 4) is 5.75 Å². The Hall–Kier alpha value is -2.55. The van der Waals surface area contributed by atoms with Gasteiger partial charge in [-0.2, -0.15) is 0 Å². The Morgan fingerprint density at radius 3 is 2.70 bits per heavy atom. The lowest BCUT2D eigenvalue weighted by molar-refractivity contribution is 0.0853. The van der Waals surface area contributed by atoms with Crippen LogP contribution < -0.4 is 4.74 Å².